The number of hydrogen-bond acceptors (Lipinski definition) is 3. The number of carbonyl (C=O) groups excluding carboxylic acids is 1. The number of nitrogens with one attached hydrogen (secondary N) is 1. The maximum Gasteiger partial charge on any atom is 0.335 e. The van der Waals surface area contributed by atoms with Crippen molar-refractivity contribution in [2.75, 3.05) is 11.1 Å². The Labute approximate surface area is 127 Å². The van der Waals surface area contributed by atoms with E-state index in [0.29, 0.717) is 11.3 Å². The van der Waals surface area contributed by atoms with Crippen molar-refractivity contribution >= 4 is 29.3 Å². The predicted molar refractivity (Wildman–Crippen MR) is 84.2 cm³/mol. The molecule has 0 saturated carbocycles. The summed E-state index contributed by atoms with van der Waals surface area (Å²) in [6.45, 7) is 2.05. The highest BCUT2D eigenvalue weighted by molar-refractivity contribution is 7.99. The molecule has 0 aromatic heterocycles. The van der Waals surface area contributed by atoms with E-state index in [9.17, 15) is 9.59 Å². The van der Waals surface area contributed by atoms with Crippen LogP contribution < -0.4 is 5.32 Å². The van der Waals surface area contributed by atoms with Gasteiger partial charge in [0.15, 0.2) is 0 Å². The zero-order valence-corrected chi connectivity index (χ0v) is 12.3. The number of carboxylic acid groups (broad SMARTS) is 1. The zero-order chi connectivity index (χ0) is 15.2. The fourth-order valence-corrected chi connectivity index (χ4v) is 2.55. The van der Waals surface area contributed by atoms with Crippen LogP contribution in [0.5, 0.6) is 0 Å². The summed E-state index contributed by atoms with van der Waals surface area (Å²) >= 11 is 1.66. The Bertz CT molecular complexity index is 670. The minimum absolute atomic E-state index is 0.142. The first-order chi connectivity index (χ1) is 10.1. The largest absolute Gasteiger partial charge is 0.478 e. The highest BCUT2D eigenvalue weighted by atomic mass is 32.2. The molecular weight excluding hydrogens is 286 g/mol. The lowest BCUT2D eigenvalue weighted by molar-refractivity contribution is 0.0696. The summed E-state index contributed by atoms with van der Waals surface area (Å²) in [5, 5.41) is 11.7. The van der Waals surface area contributed by atoms with Crippen LogP contribution in [0.4, 0.5) is 5.69 Å². The van der Waals surface area contributed by atoms with Gasteiger partial charge in [-0.25, -0.2) is 4.79 Å². The summed E-state index contributed by atoms with van der Waals surface area (Å²) in [6.07, 6.45) is 0. The van der Waals surface area contributed by atoms with Gasteiger partial charge in [0.1, 0.15) is 0 Å². The lowest BCUT2D eigenvalue weighted by Crippen LogP contribution is -2.12. The molecule has 0 saturated heterocycles. The molecule has 0 aliphatic rings. The average Bonchev–Trinajstić information content (AvgIpc) is 2.48. The molecule has 0 heterocycles. The summed E-state index contributed by atoms with van der Waals surface area (Å²) in [7, 11) is 0. The maximum atomic E-state index is 12.2. The van der Waals surface area contributed by atoms with Gasteiger partial charge in [-0.2, -0.15) is 0 Å². The fraction of sp³-hybridized carbons (Fsp3) is 0.125. The molecule has 108 valence electrons. The van der Waals surface area contributed by atoms with E-state index in [-0.39, 0.29) is 11.5 Å². The van der Waals surface area contributed by atoms with Crippen LogP contribution >= 0.6 is 11.8 Å². The summed E-state index contributed by atoms with van der Waals surface area (Å²) in [5.41, 5.74) is 1.16. The van der Waals surface area contributed by atoms with Gasteiger partial charge < -0.3 is 10.4 Å². The Morgan fingerprint density at radius 1 is 1.10 bits per heavy atom. The second-order valence-corrected chi connectivity index (χ2v) is 5.64. The summed E-state index contributed by atoms with van der Waals surface area (Å²) in [5.74, 6) is -0.338. The Hall–Kier alpha value is -2.27. The van der Waals surface area contributed by atoms with Crippen molar-refractivity contribution in [1.82, 2.24) is 0 Å². The quantitative estimate of drug-likeness (QED) is 0.825. The molecule has 0 unspecified atom stereocenters. The van der Waals surface area contributed by atoms with E-state index >= 15 is 0 Å². The monoisotopic (exact) mass is 301 g/mol. The lowest BCUT2D eigenvalue weighted by Gasteiger charge is -2.07. The van der Waals surface area contributed by atoms with Gasteiger partial charge in [0.05, 0.1) is 5.56 Å². The van der Waals surface area contributed by atoms with Crippen LogP contribution in [0.25, 0.3) is 0 Å². The molecule has 0 bridgehead atoms. The van der Waals surface area contributed by atoms with Crippen molar-refractivity contribution < 1.29 is 14.7 Å². The van der Waals surface area contributed by atoms with Crippen molar-refractivity contribution in [2.45, 2.75) is 11.8 Å². The number of anilines is 1. The van der Waals surface area contributed by atoms with Crippen molar-refractivity contribution in [3.05, 3.63) is 59.7 Å². The normalized spacial score (nSPS) is 10.1. The summed E-state index contributed by atoms with van der Waals surface area (Å²) < 4.78 is 0. The highest BCUT2D eigenvalue weighted by Crippen LogP contribution is 2.19. The number of amides is 1. The van der Waals surface area contributed by atoms with Gasteiger partial charge in [-0.1, -0.05) is 19.1 Å². The fourth-order valence-electron chi connectivity index (χ4n) is 1.83. The molecule has 0 spiro atoms. The Balaban J connectivity index is 2.16. The van der Waals surface area contributed by atoms with E-state index in [2.05, 4.69) is 12.2 Å². The summed E-state index contributed by atoms with van der Waals surface area (Å²) in [6, 6.07) is 13.5. The van der Waals surface area contributed by atoms with E-state index in [1.165, 1.54) is 12.1 Å². The average molecular weight is 301 g/mol. The van der Waals surface area contributed by atoms with E-state index in [1.54, 1.807) is 30.0 Å². The molecule has 0 atom stereocenters. The smallest absolute Gasteiger partial charge is 0.335 e. The Morgan fingerprint density at radius 3 is 2.52 bits per heavy atom. The third-order valence-electron chi connectivity index (χ3n) is 2.77. The van der Waals surface area contributed by atoms with Crippen LogP contribution in [0.3, 0.4) is 0 Å². The first kappa shape index (κ1) is 15.1. The minimum atomic E-state index is -1.02. The van der Waals surface area contributed by atoms with Gasteiger partial charge in [0, 0.05) is 16.1 Å². The van der Waals surface area contributed by atoms with Crippen LogP contribution in [0, 0.1) is 0 Å². The molecule has 0 radical (unpaired) electrons. The number of benzene rings is 2. The SMILES string of the molecule is CCSc1cccc(C(=O)Nc2cccc(C(=O)O)c2)c1. The number of hydrogen-bond donors (Lipinski definition) is 2. The third-order valence-corrected chi connectivity index (χ3v) is 3.65. The number of carbonyl (C=O) groups is 2. The van der Waals surface area contributed by atoms with Gasteiger partial charge in [-0.3, -0.25) is 4.79 Å². The van der Waals surface area contributed by atoms with Gasteiger partial charge in [-0.05, 0) is 42.2 Å². The number of rotatable bonds is 5. The lowest BCUT2D eigenvalue weighted by atomic mass is 10.2. The minimum Gasteiger partial charge on any atom is -0.478 e. The van der Waals surface area contributed by atoms with Crippen LogP contribution in [0.15, 0.2) is 53.4 Å². The predicted octanol–water partition coefficient (Wildman–Crippen LogP) is 3.75. The van der Waals surface area contributed by atoms with E-state index in [4.69, 9.17) is 5.11 Å². The van der Waals surface area contributed by atoms with Crippen LogP contribution in [0.2, 0.25) is 0 Å². The van der Waals surface area contributed by atoms with Gasteiger partial charge in [0.2, 0.25) is 0 Å². The van der Waals surface area contributed by atoms with Gasteiger partial charge >= 0.3 is 5.97 Å². The van der Waals surface area contributed by atoms with Crippen molar-refractivity contribution in [3.63, 3.8) is 0 Å². The van der Waals surface area contributed by atoms with Crippen molar-refractivity contribution in [3.8, 4) is 0 Å². The first-order valence-corrected chi connectivity index (χ1v) is 7.46. The first-order valence-electron chi connectivity index (χ1n) is 6.47. The Morgan fingerprint density at radius 2 is 1.81 bits per heavy atom. The second-order valence-electron chi connectivity index (χ2n) is 4.30. The topological polar surface area (TPSA) is 66.4 Å². The molecule has 21 heavy (non-hydrogen) atoms. The zero-order valence-electron chi connectivity index (χ0n) is 11.5. The van der Waals surface area contributed by atoms with Crippen LogP contribution in [0.1, 0.15) is 27.6 Å². The third kappa shape index (κ3) is 4.10. The molecule has 2 aromatic carbocycles. The molecular formula is C16H15NO3S. The van der Waals surface area contributed by atoms with Gasteiger partial charge in [-0.15, -0.1) is 11.8 Å². The molecule has 1 amide bonds. The molecule has 0 fully saturated rings. The number of carboxylic acids is 1. The molecule has 5 heteroatoms. The number of thioether (sulfide) groups is 1. The molecule has 2 N–H and O–H groups in total. The van der Waals surface area contributed by atoms with E-state index < -0.39 is 5.97 Å². The van der Waals surface area contributed by atoms with Crippen molar-refractivity contribution in [1.29, 1.82) is 0 Å². The second kappa shape index (κ2) is 6.95. The van der Waals surface area contributed by atoms with Crippen molar-refractivity contribution in [2.24, 2.45) is 0 Å². The number of aromatic carboxylic acids is 1. The molecule has 0 aliphatic carbocycles. The Kier molecular flexibility index (Phi) is 5.00. The standard InChI is InChI=1S/C16H15NO3S/c1-2-21-14-8-4-5-11(10-14)15(18)17-13-7-3-6-12(9-13)16(19)20/h3-10H,2H2,1H3,(H,17,18)(H,19,20). The summed E-state index contributed by atoms with van der Waals surface area (Å²) in [4.78, 5) is 24.1. The molecule has 0 aliphatic heterocycles. The van der Waals surface area contributed by atoms with Crippen LogP contribution in [-0.2, 0) is 0 Å². The van der Waals surface area contributed by atoms with E-state index in [1.807, 2.05) is 18.2 Å². The molecule has 4 nitrogen and oxygen atoms in total. The maximum absolute atomic E-state index is 12.2. The van der Waals surface area contributed by atoms with E-state index in [0.717, 1.165) is 10.6 Å². The highest BCUT2D eigenvalue weighted by Gasteiger charge is 2.09. The molecule has 2 aromatic rings. The van der Waals surface area contributed by atoms with Crippen LogP contribution in [-0.4, -0.2) is 22.7 Å². The van der Waals surface area contributed by atoms with Gasteiger partial charge in [0.25, 0.3) is 5.91 Å². The molecule has 2 rings (SSSR count).